The Labute approximate surface area is 119 Å². The Hall–Kier alpha value is -1.30. The van der Waals surface area contributed by atoms with Crippen molar-refractivity contribution in [3.8, 4) is 0 Å². The van der Waals surface area contributed by atoms with Crippen LogP contribution in [-0.4, -0.2) is 35.2 Å². The fourth-order valence-electron chi connectivity index (χ4n) is 3.38. The van der Waals surface area contributed by atoms with Crippen LogP contribution in [0.1, 0.15) is 51.9 Å². The number of carbonyl (C=O) groups excluding carboxylic acids is 1. The number of nitrogens with zero attached hydrogens (tertiary/aromatic N) is 1. The van der Waals surface area contributed by atoms with Gasteiger partial charge >= 0.3 is 0 Å². The van der Waals surface area contributed by atoms with Crippen molar-refractivity contribution in [3.63, 3.8) is 0 Å². The number of nitrogens with two attached hydrogens (primary N) is 1. The first kappa shape index (κ1) is 15.1. The first-order chi connectivity index (χ1) is 9.63. The zero-order valence-electron chi connectivity index (χ0n) is 12.1. The standard InChI is InChI=1S/C14H25N3O3/c1-2-11-10(6-9-20-11)12(18)16-14(13(15)17-19)7-4-3-5-8-14/h10-11,19H,2-9H2,1H3,(H2,15,17)(H,16,18). The van der Waals surface area contributed by atoms with Gasteiger partial charge in [0.15, 0.2) is 5.84 Å². The van der Waals surface area contributed by atoms with Crippen LogP contribution in [0.2, 0.25) is 0 Å². The third-order valence-electron chi connectivity index (χ3n) is 4.62. The van der Waals surface area contributed by atoms with E-state index < -0.39 is 5.54 Å². The molecule has 1 saturated carbocycles. The maximum absolute atomic E-state index is 12.5. The van der Waals surface area contributed by atoms with E-state index in [9.17, 15) is 4.79 Å². The van der Waals surface area contributed by atoms with Gasteiger partial charge in [-0.15, -0.1) is 0 Å². The number of hydrogen-bond donors (Lipinski definition) is 3. The number of amides is 1. The van der Waals surface area contributed by atoms with Gasteiger partial charge < -0.3 is 21.0 Å². The van der Waals surface area contributed by atoms with Gasteiger partial charge in [0, 0.05) is 6.61 Å². The summed E-state index contributed by atoms with van der Waals surface area (Å²) in [6.45, 7) is 2.66. The van der Waals surface area contributed by atoms with E-state index in [1.807, 2.05) is 6.92 Å². The lowest BCUT2D eigenvalue weighted by Gasteiger charge is -2.37. The van der Waals surface area contributed by atoms with Crippen LogP contribution in [0.3, 0.4) is 0 Å². The molecule has 20 heavy (non-hydrogen) atoms. The molecule has 0 aromatic carbocycles. The van der Waals surface area contributed by atoms with Crippen molar-refractivity contribution in [2.24, 2.45) is 16.8 Å². The fourth-order valence-corrected chi connectivity index (χ4v) is 3.38. The normalized spacial score (nSPS) is 30.1. The average molecular weight is 283 g/mol. The molecule has 0 spiro atoms. The van der Waals surface area contributed by atoms with Crippen molar-refractivity contribution < 1.29 is 14.7 Å². The number of carbonyl (C=O) groups is 1. The molecule has 1 saturated heterocycles. The Morgan fingerprint density at radius 2 is 2.15 bits per heavy atom. The highest BCUT2D eigenvalue weighted by atomic mass is 16.5. The lowest BCUT2D eigenvalue weighted by atomic mass is 9.80. The summed E-state index contributed by atoms with van der Waals surface area (Å²) in [6, 6.07) is 0. The lowest BCUT2D eigenvalue weighted by molar-refractivity contribution is -0.128. The topological polar surface area (TPSA) is 96.9 Å². The number of ether oxygens (including phenoxy) is 1. The third kappa shape index (κ3) is 2.90. The van der Waals surface area contributed by atoms with E-state index in [4.69, 9.17) is 15.7 Å². The molecule has 4 N–H and O–H groups in total. The highest BCUT2D eigenvalue weighted by Crippen LogP contribution is 2.30. The second-order valence-corrected chi connectivity index (χ2v) is 5.83. The van der Waals surface area contributed by atoms with Gasteiger partial charge in [-0.2, -0.15) is 0 Å². The Morgan fingerprint density at radius 3 is 2.75 bits per heavy atom. The van der Waals surface area contributed by atoms with Crippen molar-refractivity contribution in [3.05, 3.63) is 0 Å². The van der Waals surface area contributed by atoms with E-state index in [0.717, 1.165) is 44.9 Å². The van der Waals surface area contributed by atoms with Crippen molar-refractivity contribution in [2.75, 3.05) is 6.61 Å². The molecule has 0 bridgehead atoms. The number of amidine groups is 1. The zero-order chi connectivity index (χ0) is 14.6. The summed E-state index contributed by atoms with van der Waals surface area (Å²) in [5, 5.41) is 15.2. The van der Waals surface area contributed by atoms with E-state index in [1.54, 1.807) is 0 Å². The molecule has 0 aromatic rings. The van der Waals surface area contributed by atoms with Crippen LogP contribution >= 0.6 is 0 Å². The van der Waals surface area contributed by atoms with E-state index in [2.05, 4.69) is 10.5 Å². The summed E-state index contributed by atoms with van der Waals surface area (Å²) in [6.07, 6.45) is 6.12. The molecule has 0 radical (unpaired) electrons. The number of nitrogens with one attached hydrogen (secondary N) is 1. The van der Waals surface area contributed by atoms with Gasteiger partial charge in [-0.1, -0.05) is 31.3 Å². The molecule has 1 aliphatic heterocycles. The SMILES string of the molecule is CCC1OCCC1C(=O)NC1(C(N)=NO)CCCCC1. The van der Waals surface area contributed by atoms with Crippen LogP contribution in [0.4, 0.5) is 0 Å². The van der Waals surface area contributed by atoms with Crippen molar-refractivity contribution in [1.82, 2.24) is 5.32 Å². The van der Waals surface area contributed by atoms with Crippen molar-refractivity contribution in [1.29, 1.82) is 0 Å². The van der Waals surface area contributed by atoms with Crippen LogP contribution in [0.15, 0.2) is 5.16 Å². The van der Waals surface area contributed by atoms with E-state index >= 15 is 0 Å². The van der Waals surface area contributed by atoms with Crippen LogP contribution in [0, 0.1) is 5.92 Å². The van der Waals surface area contributed by atoms with Crippen LogP contribution in [-0.2, 0) is 9.53 Å². The summed E-state index contributed by atoms with van der Waals surface area (Å²) in [4.78, 5) is 12.5. The Kier molecular flexibility index (Phi) is 4.86. The van der Waals surface area contributed by atoms with Gasteiger partial charge in [0.05, 0.1) is 12.0 Å². The second-order valence-electron chi connectivity index (χ2n) is 5.83. The van der Waals surface area contributed by atoms with Gasteiger partial charge in [-0.3, -0.25) is 4.79 Å². The number of oxime groups is 1. The van der Waals surface area contributed by atoms with Crippen LogP contribution in [0.5, 0.6) is 0 Å². The summed E-state index contributed by atoms with van der Waals surface area (Å²) in [7, 11) is 0. The third-order valence-corrected chi connectivity index (χ3v) is 4.62. The summed E-state index contributed by atoms with van der Waals surface area (Å²) in [5.74, 6) is -0.0225. The van der Waals surface area contributed by atoms with Crippen LogP contribution in [0.25, 0.3) is 0 Å². The largest absolute Gasteiger partial charge is 0.409 e. The van der Waals surface area contributed by atoms with E-state index in [-0.39, 0.29) is 23.8 Å². The predicted octanol–water partition coefficient (Wildman–Crippen LogP) is 1.37. The summed E-state index contributed by atoms with van der Waals surface area (Å²) < 4.78 is 5.57. The summed E-state index contributed by atoms with van der Waals surface area (Å²) >= 11 is 0. The van der Waals surface area contributed by atoms with Gasteiger partial charge in [0.25, 0.3) is 0 Å². The Morgan fingerprint density at radius 1 is 1.45 bits per heavy atom. The fraction of sp³-hybridized carbons (Fsp3) is 0.857. The minimum Gasteiger partial charge on any atom is -0.409 e. The predicted molar refractivity (Wildman–Crippen MR) is 75.5 cm³/mol. The van der Waals surface area contributed by atoms with Crippen molar-refractivity contribution >= 4 is 11.7 Å². The second kappa shape index (κ2) is 6.43. The molecule has 1 heterocycles. The Bertz CT molecular complexity index is 378. The molecule has 2 aliphatic rings. The highest BCUT2D eigenvalue weighted by Gasteiger charge is 2.41. The van der Waals surface area contributed by atoms with E-state index in [1.165, 1.54) is 0 Å². The molecular weight excluding hydrogens is 258 g/mol. The quantitative estimate of drug-likeness (QED) is 0.314. The molecule has 1 amide bonds. The monoisotopic (exact) mass is 283 g/mol. The minimum absolute atomic E-state index is 0.0112. The highest BCUT2D eigenvalue weighted by molar-refractivity contribution is 5.94. The minimum atomic E-state index is -0.676. The molecule has 2 fully saturated rings. The molecular formula is C14H25N3O3. The first-order valence-corrected chi connectivity index (χ1v) is 7.54. The zero-order valence-corrected chi connectivity index (χ0v) is 12.1. The molecule has 6 nitrogen and oxygen atoms in total. The number of hydrogen-bond acceptors (Lipinski definition) is 4. The van der Waals surface area contributed by atoms with Crippen molar-refractivity contribution in [2.45, 2.75) is 63.5 Å². The van der Waals surface area contributed by atoms with Gasteiger partial charge in [-0.05, 0) is 25.7 Å². The van der Waals surface area contributed by atoms with Crippen LogP contribution < -0.4 is 11.1 Å². The van der Waals surface area contributed by atoms with E-state index in [0.29, 0.717) is 6.61 Å². The smallest absolute Gasteiger partial charge is 0.226 e. The Balaban J connectivity index is 2.09. The van der Waals surface area contributed by atoms with Gasteiger partial charge in [0.2, 0.25) is 5.91 Å². The maximum Gasteiger partial charge on any atom is 0.226 e. The molecule has 1 aliphatic carbocycles. The van der Waals surface area contributed by atoms with Gasteiger partial charge in [0.1, 0.15) is 5.54 Å². The molecule has 2 rings (SSSR count). The summed E-state index contributed by atoms with van der Waals surface area (Å²) in [5.41, 5.74) is 5.18. The number of rotatable bonds is 4. The maximum atomic E-state index is 12.5. The average Bonchev–Trinajstić information content (AvgIpc) is 2.95. The molecule has 114 valence electrons. The molecule has 0 aromatic heterocycles. The molecule has 6 heteroatoms. The first-order valence-electron chi connectivity index (χ1n) is 7.54. The molecule has 2 atom stereocenters. The lowest BCUT2D eigenvalue weighted by Crippen LogP contribution is -2.60. The molecule has 2 unspecified atom stereocenters. The van der Waals surface area contributed by atoms with Gasteiger partial charge in [-0.25, -0.2) is 0 Å².